The Morgan fingerprint density at radius 2 is 1.88 bits per heavy atom. The zero-order chi connectivity index (χ0) is 17.4. The van der Waals surface area contributed by atoms with E-state index in [1.807, 2.05) is 49.4 Å². The summed E-state index contributed by atoms with van der Waals surface area (Å²) in [7, 11) is 4.20. The highest BCUT2D eigenvalue weighted by molar-refractivity contribution is 5.76. The van der Waals surface area contributed by atoms with E-state index in [9.17, 15) is 4.79 Å². The van der Waals surface area contributed by atoms with Crippen LogP contribution in [-0.4, -0.2) is 33.2 Å². The van der Waals surface area contributed by atoms with Gasteiger partial charge in [-0.2, -0.15) is 0 Å². The number of aryl methyl sites for hydroxylation is 1. The summed E-state index contributed by atoms with van der Waals surface area (Å²) in [6.07, 6.45) is 0.359. The molecule has 2 N–H and O–H groups in total. The summed E-state index contributed by atoms with van der Waals surface area (Å²) in [6.45, 7) is 3.03. The molecule has 128 valence electrons. The lowest BCUT2D eigenvalue weighted by Crippen LogP contribution is -3.07. The van der Waals surface area contributed by atoms with Gasteiger partial charge < -0.3 is 15.0 Å². The molecule has 0 aliphatic carbocycles. The number of carbonyl (C=O) groups excluding carboxylic acids is 1. The molecule has 1 atom stereocenters. The first-order valence-corrected chi connectivity index (χ1v) is 8.37. The van der Waals surface area contributed by atoms with Crippen LogP contribution in [-0.2, 0) is 4.79 Å². The van der Waals surface area contributed by atoms with E-state index in [-0.39, 0.29) is 11.9 Å². The summed E-state index contributed by atoms with van der Waals surface area (Å²) in [5.41, 5.74) is 2.38. The molecule has 24 heavy (non-hydrogen) atoms. The van der Waals surface area contributed by atoms with E-state index in [1.54, 1.807) is 0 Å². The molecule has 0 aliphatic heterocycles. The Kier molecular flexibility index (Phi) is 6.82. The number of likely N-dealkylation sites (N-methyl/N-ethyl adjacent to an activating group) is 1. The molecule has 2 aromatic rings. The van der Waals surface area contributed by atoms with Crippen molar-refractivity contribution in [3.05, 3.63) is 65.7 Å². The second kappa shape index (κ2) is 9.08. The maximum atomic E-state index is 12.1. The lowest BCUT2D eigenvalue weighted by atomic mass is 10.1. The van der Waals surface area contributed by atoms with Crippen LogP contribution in [0.25, 0.3) is 0 Å². The predicted octanol–water partition coefficient (Wildman–Crippen LogP) is 1.77. The van der Waals surface area contributed by atoms with Gasteiger partial charge in [-0.25, -0.2) is 0 Å². The van der Waals surface area contributed by atoms with Gasteiger partial charge in [0.25, 0.3) is 0 Å². The number of hydrogen-bond acceptors (Lipinski definition) is 2. The molecule has 0 bridgehead atoms. The monoisotopic (exact) mass is 327 g/mol. The van der Waals surface area contributed by atoms with Gasteiger partial charge in [-0.05, 0) is 24.6 Å². The van der Waals surface area contributed by atoms with Gasteiger partial charge in [-0.1, -0.05) is 42.5 Å². The van der Waals surface area contributed by atoms with Crippen LogP contribution in [0.4, 0.5) is 0 Å². The molecular weight excluding hydrogens is 300 g/mol. The highest BCUT2D eigenvalue weighted by Crippen LogP contribution is 2.12. The fourth-order valence-electron chi connectivity index (χ4n) is 2.61. The van der Waals surface area contributed by atoms with E-state index in [2.05, 4.69) is 31.5 Å². The Balaban J connectivity index is 1.77. The first-order valence-electron chi connectivity index (χ1n) is 8.37. The molecule has 0 aliphatic rings. The molecular formula is C20H27N2O2+. The Morgan fingerprint density at radius 3 is 2.54 bits per heavy atom. The SMILES string of the molecule is Cc1cccc(OCCC(=O)NC[C@@H](c2ccccc2)[NH+](C)C)c1. The molecule has 0 heterocycles. The highest BCUT2D eigenvalue weighted by Gasteiger charge is 2.18. The molecule has 0 unspecified atom stereocenters. The molecule has 0 fully saturated rings. The van der Waals surface area contributed by atoms with Crippen molar-refractivity contribution in [1.82, 2.24) is 5.32 Å². The minimum atomic E-state index is 0.0184. The normalized spacial score (nSPS) is 12.0. The lowest BCUT2D eigenvalue weighted by molar-refractivity contribution is -0.890. The van der Waals surface area contributed by atoms with E-state index in [0.29, 0.717) is 19.6 Å². The number of ether oxygens (including phenoxy) is 1. The predicted molar refractivity (Wildman–Crippen MR) is 96.3 cm³/mol. The minimum Gasteiger partial charge on any atom is -0.493 e. The molecule has 0 saturated carbocycles. The summed E-state index contributed by atoms with van der Waals surface area (Å²) in [5, 5.41) is 3.02. The molecule has 0 radical (unpaired) electrons. The Morgan fingerprint density at radius 1 is 1.12 bits per heavy atom. The zero-order valence-corrected chi connectivity index (χ0v) is 14.7. The van der Waals surface area contributed by atoms with E-state index in [4.69, 9.17) is 4.74 Å². The van der Waals surface area contributed by atoms with Crippen LogP contribution in [0.2, 0.25) is 0 Å². The van der Waals surface area contributed by atoms with Gasteiger partial charge in [0.1, 0.15) is 11.8 Å². The van der Waals surface area contributed by atoms with Crippen molar-refractivity contribution in [2.45, 2.75) is 19.4 Å². The number of amides is 1. The Bertz CT molecular complexity index is 641. The van der Waals surface area contributed by atoms with Gasteiger partial charge in [-0.15, -0.1) is 0 Å². The van der Waals surface area contributed by atoms with Crippen molar-refractivity contribution >= 4 is 5.91 Å². The van der Waals surface area contributed by atoms with Gasteiger partial charge in [0.2, 0.25) is 5.91 Å². The summed E-state index contributed by atoms with van der Waals surface area (Å²) >= 11 is 0. The molecule has 2 aromatic carbocycles. The van der Waals surface area contributed by atoms with Crippen molar-refractivity contribution in [2.24, 2.45) is 0 Å². The first-order chi connectivity index (χ1) is 11.6. The lowest BCUT2D eigenvalue weighted by Gasteiger charge is -2.22. The van der Waals surface area contributed by atoms with Crippen LogP contribution in [0.3, 0.4) is 0 Å². The van der Waals surface area contributed by atoms with Gasteiger partial charge in [-0.3, -0.25) is 4.79 Å². The number of carbonyl (C=O) groups is 1. The van der Waals surface area contributed by atoms with Crippen molar-refractivity contribution in [1.29, 1.82) is 0 Å². The summed E-state index contributed by atoms with van der Waals surface area (Å²) < 4.78 is 5.63. The van der Waals surface area contributed by atoms with Crippen LogP contribution >= 0.6 is 0 Å². The zero-order valence-electron chi connectivity index (χ0n) is 14.7. The van der Waals surface area contributed by atoms with Crippen LogP contribution in [0.1, 0.15) is 23.6 Å². The fourth-order valence-corrected chi connectivity index (χ4v) is 2.61. The maximum Gasteiger partial charge on any atom is 0.223 e. The third-order valence-electron chi connectivity index (χ3n) is 3.99. The van der Waals surface area contributed by atoms with E-state index < -0.39 is 0 Å². The second-order valence-corrected chi connectivity index (χ2v) is 6.26. The largest absolute Gasteiger partial charge is 0.493 e. The minimum absolute atomic E-state index is 0.0184. The maximum absolute atomic E-state index is 12.1. The van der Waals surface area contributed by atoms with Gasteiger partial charge in [0.15, 0.2) is 0 Å². The molecule has 0 aromatic heterocycles. The average molecular weight is 327 g/mol. The van der Waals surface area contributed by atoms with Crippen LogP contribution in [0, 0.1) is 6.92 Å². The van der Waals surface area contributed by atoms with Crippen LogP contribution in [0.5, 0.6) is 5.75 Å². The number of nitrogens with one attached hydrogen (secondary N) is 2. The Hall–Kier alpha value is -2.33. The molecule has 4 heteroatoms. The highest BCUT2D eigenvalue weighted by atomic mass is 16.5. The fraction of sp³-hybridized carbons (Fsp3) is 0.350. The van der Waals surface area contributed by atoms with E-state index in [0.717, 1.165) is 11.3 Å². The van der Waals surface area contributed by atoms with Crippen molar-refractivity contribution in [3.63, 3.8) is 0 Å². The quantitative estimate of drug-likeness (QED) is 0.776. The number of benzene rings is 2. The summed E-state index contributed by atoms with van der Waals surface area (Å²) in [5.74, 6) is 0.826. The summed E-state index contributed by atoms with van der Waals surface area (Å²) in [4.78, 5) is 13.3. The van der Waals surface area contributed by atoms with Crippen LogP contribution in [0.15, 0.2) is 54.6 Å². The molecule has 0 saturated heterocycles. The third kappa shape index (κ3) is 5.70. The molecule has 4 nitrogen and oxygen atoms in total. The first kappa shape index (κ1) is 18.0. The van der Waals surface area contributed by atoms with E-state index >= 15 is 0 Å². The number of rotatable bonds is 8. The smallest absolute Gasteiger partial charge is 0.223 e. The molecule has 1 amide bonds. The third-order valence-corrected chi connectivity index (χ3v) is 3.99. The molecule has 0 spiro atoms. The number of hydrogen-bond donors (Lipinski definition) is 2. The Labute approximate surface area is 144 Å². The van der Waals surface area contributed by atoms with E-state index in [1.165, 1.54) is 10.5 Å². The topological polar surface area (TPSA) is 42.8 Å². The van der Waals surface area contributed by atoms with Crippen LogP contribution < -0.4 is 15.0 Å². The van der Waals surface area contributed by atoms with Crippen molar-refractivity contribution < 1.29 is 14.4 Å². The van der Waals surface area contributed by atoms with Crippen molar-refractivity contribution in [3.8, 4) is 5.75 Å². The number of quaternary nitrogens is 1. The van der Waals surface area contributed by atoms with Gasteiger partial charge >= 0.3 is 0 Å². The average Bonchev–Trinajstić information content (AvgIpc) is 2.56. The molecule has 2 rings (SSSR count). The standard InChI is InChI=1S/C20H26N2O2/c1-16-8-7-11-18(14-16)24-13-12-20(23)21-15-19(22(2)3)17-9-5-4-6-10-17/h4-11,14,19H,12-13,15H2,1-3H3,(H,21,23)/p+1/t19-/m0/s1. The summed E-state index contributed by atoms with van der Waals surface area (Å²) in [6, 6.07) is 18.4. The van der Waals surface area contributed by atoms with Gasteiger partial charge in [0, 0.05) is 5.56 Å². The second-order valence-electron chi connectivity index (χ2n) is 6.26. The van der Waals surface area contributed by atoms with Gasteiger partial charge in [0.05, 0.1) is 33.7 Å². The van der Waals surface area contributed by atoms with Crippen molar-refractivity contribution in [2.75, 3.05) is 27.2 Å².